The van der Waals surface area contributed by atoms with Gasteiger partial charge in [-0.15, -0.1) is 0 Å². The molecule has 0 unspecified atom stereocenters. The minimum Gasteiger partial charge on any atom is -0.367 e. The van der Waals surface area contributed by atoms with E-state index < -0.39 is 0 Å². The van der Waals surface area contributed by atoms with Gasteiger partial charge in [-0.2, -0.15) is 11.8 Å². The van der Waals surface area contributed by atoms with Crippen molar-refractivity contribution in [1.29, 1.82) is 0 Å². The van der Waals surface area contributed by atoms with Crippen LogP contribution in [0.15, 0.2) is 18.6 Å². The molecule has 4 nitrogen and oxygen atoms in total. The summed E-state index contributed by atoms with van der Waals surface area (Å²) < 4.78 is 2.00. The number of nitrogens with zero attached hydrogens (tertiary/aromatic N) is 3. The van der Waals surface area contributed by atoms with Gasteiger partial charge in [-0.25, -0.2) is 9.97 Å². The molecule has 5 heteroatoms. The molecule has 0 spiro atoms. The number of hydrogen-bond donors (Lipinski definition) is 1. The monoisotopic (exact) mass is 222 g/mol. The number of rotatable bonds is 4. The fraction of sp³-hybridized carbons (Fsp3) is 0.400. The van der Waals surface area contributed by atoms with Crippen molar-refractivity contribution in [2.45, 2.75) is 0 Å². The van der Waals surface area contributed by atoms with Gasteiger partial charge in [0.05, 0.1) is 11.8 Å². The molecule has 0 atom stereocenters. The molecular formula is C10H14N4S. The molecule has 2 rings (SSSR count). The summed E-state index contributed by atoms with van der Waals surface area (Å²) >= 11 is 1.82. The highest BCUT2D eigenvalue weighted by atomic mass is 32.2. The third kappa shape index (κ3) is 2.07. The summed E-state index contributed by atoms with van der Waals surface area (Å²) in [7, 11) is 1.99. The van der Waals surface area contributed by atoms with Crippen LogP contribution in [-0.2, 0) is 7.05 Å². The third-order valence-corrected chi connectivity index (χ3v) is 2.85. The second-order valence-electron chi connectivity index (χ2n) is 3.30. The van der Waals surface area contributed by atoms with E-state index >= 15 is 0 Å². The van der Waals surface area contributed by atoms with Gasteiger partial charge in [0.15, 0.2) is 5.82 Å². The molecule has 0 aliphatic carbocycles. The van der Waals surface area contributed by atoms with E-state index in [1.165, 1.54) is 0 Å². The Balaban J connectivity index is 2.26. The quantitative estimate of drug-likeness (QED) is 0.800. The van der Waals surface area contributed by atoms with Crippen LogP contribution >= 0.6 is 11.8 Å². The Hall–Kier alpha value is -1.23. The van der Waals surface area contributed by atoms with E-state index in [0.717, 1.165) is 29.1 Å². The van der Waals surface area contributed by atoms with Gasteiger partial charge in [-0.3, -0.25) is 0 Å². The van der Waals surface area contributed by atoms with Crippen molar-refractivity contribution in [2.75, 3.05) is 23.9 Å². The van der Waals surface area contributed by atoms with Crippen molar-refractivity contribution in [3.8, 4) is 0 Å². The first-order valence-electron chi connectivity index (χ1n) is 4.82. The lowest BCUT2D eigenvalue weighted by Crippen LogP contribution is -2.05. The number of fused-ring (bicyclic) bond motifs is 1. The van der Waals surface area contributed by atoms with E-state index in [4.69, 9.17) is 0 Å². The highest BCUT2D eigenvalue weighted by Crippen LogP contribution is 2.18. The van der Waals surface area contributed by atoms with Gasteiger partial charge in [0.25, 0.3) is 0 Å². The highest BCUT2D eigenvalue weighted by Gasteiger charge is 2.05. The van der Waals surface area contributed by atoms with Gasteiger partial charge in [0, 0.05) is 25.5 Å². The largest absolute Gasteiger partial charge is 0.367 e. The minimum absolute atomic E-state index is 0.877. The molecule has 2 aromatic rings. The molecule has 0 saturated heterocycles. The molecule has 0 aliphatic rings. The Morgan fingerprint density at radius 3 is 3.13 bits per heavy atom. The average Bonchev–Trinajstić information content (AvgIpc) is 2.62. The summed E-state index contributed by atoms with van der Waals surface area (Å²) in [5, 5.41) is 3.29. The van der Waals surface area contributed by atoms with Crippen LogP contribution in [0, 0.1) is 0 Å². The number of aryl methyl sites for hydroxylation is 1. The highest BCUT2D eigenvalue weighted by molar-refractivity contribution is 7.98. The zero-order valence-electron chi connectivity index (χ0n) is 8.90. The number of nitrogens with one attached hydrogen (secondary N) is 1. The van der Waals surface area contributed by atoms with Crippen molar-refractivity contribution in [2.24, 2.45) is 7.05 Å². The number of hydrogen-bond acceptors (Lipinski definition) is 4. The Labute approximate surface area is 93.1 Å². The first kappa shape index (κ1) is 10.3. The number of aromatic nitrogens is 3. The molecule has 15 heavy (non-hydrogen) atoms. The maximum absolute atomic E-state index is 4.33. The minimum atomic E-state index is 0.877. The zero-order chi connectivity index (χ0) is 10.7. The smallest absolute Gasteiger partial charge is 0.154 e. The molecule has 0 aliphatic heterocycles. The Morgan fingerprint density at radius 1 is 1.47 bits per heavy atom. The summed E-state index contributed by atoms with van der Waals surface area (Å²) in [6.45, 7) is 0.920. The lowest BCUT2D eigenvalue weighted by atomic mass is 10.4. The van der Waals surface area contributed by atoms with Crippen LogP contribution < -0.4 is 5.32 Å². The number of anilines is 1. The second-order valence-corrected chi connectivity index (χ2v) is 4.29. The normalized spacial score (nSPS) is 10.8. The topological polar surface area (TPSA) is 42.7 Å². The number of thioether (sulfide) groups is 1. The summed E-state index contributed by atoms with van der Waals surface area (Å²) in [6.07, 6.45) is 5.72. The molecule has 2 heterocycles. The Morgan fingerprint density at radius 2 is 2.33 bits per heavy atom. The second kappa shape index (κ2) is 4.53. The predicted molar refractivity (Wildman–Crippen MR) is 65.4 cm³/mol. The van der Waals surface area contributed by atoms with Crippen LogP contribution in [0.3, 0.4) is 0 Å². The molecule has 0 fully saturated rings. The van der Waals surface area contributed by atoms with Gasteiger partial charge in [-0.1, -0.05) is 0 Å². The molecule has 0 radical (unpaired) electrons. The molecule has 0 saturated carbocycles. The summed E-state index contributed by atoms with van der Waals surface area (Å²) in [5.74, 6) is 1.95. The fourth-order valence-electron chi connectivity index (χ4n) is 1.46. The van der Waals surface area contributed by atoms with E-state index in [-0.39, 0.29) is 0 Å². The van der Waals surface area contributed by atoms with Crippen molar-refractivity contribution in [3.05, 3.63) is 18.6 Å². The first-order chi connectivity index (χ1) is 7.33. The maximum atomic E-state index is 4.33. The first-order valence-corrected chi connectivity index (χ1v) is 6.21. The van der Waals surface area contributed by atoms with Crippen LogP contribution in [-0.4, -0.2) is 33.1 Å². The van der Waals surface area contributed by atoms with Gasteiger partial charge in [-0.05, 0) is 12.3 Å². The molecule has 0 aromatic carbocycles. The molecule has 0 bridgehead atoms. The van der Waals surface area contributed by atoms with E-state index in [9.17, 15) is 0 Å². The van der Waals surface area contributed by atoms with Crippen LogP contribution in [0.5, 0.6) is 0 Å². The van der Waals surface area contributed by atoms with E-state index in [2.05, 4.69) is 21.5 Å². The Kier molecular flexibility index (Phi) is 3.11. The van der Waals surface area contributed by atoms with Gasteiger partial charge in [0.2, 0.25) is 0 Å². The Bertz CT molecular complexity index is 452. The predicted octanol–water partition coefficient (Wildman–Crippen LogP) is 1.74. The van der Waals surface area contributed by atoms with Gasteiger partial charge < -0.3 is 9.88 Å². The SMILES string of the molecule is CSCCNc1nccc2c1ncn2C. The van der Waals surface area contributed by atoms with E-state index in [1.54, 1.807) is 0 Å². The lowest BCUT2D eigenvalue weighted by Gasteiger charge is -2.04. The summed E-state index contributed by atoms with van der Waals surface area (Å²) in [6, 6.07) is 1.97. The van der Waals surface area contributed by atoms with Crippen molar-refractivity contribution < 1.29 is 0 Å². The lowest BCUT2D eigenvalue weighted by molar-refractivity contribution is 0.947. The van der Waals surface area contributed by atoms with Crippen molar-refractivity contribution in [3.63, 3.8) is 0 Å². The number of imidazole rings is 1. The standard InChI is InChI=1S/C10H14N4S/c1-14-7-13-9-8(14)3-4-11-10(9)12-5-6-15-2/h3-4,7H,5-6H2,1-2H3,(H,11,12). The van der Waals surface area contributed by atoms with Crippen LogP contribution in [0.2, 0.25) is 0 Å². The molecular weight excluding hydrogens is 208 g/mol. The van der Waals surface area contributed by atoms with Crippen LogP contribution in [0.25, 0.3) is 11.0 Å². The fourth-order valence-corrected chi connectivity index (χ4v) is 1.77. The van der Waals surface area contributed by atoms with Crippen LogP contribution in [0.4, 0.5) is 5.82 Å². The maximum Gasteiger partial charge on any atom is 0.154 e. The third-order valence-electron chi connectivity index (χ3n) is 2.24. The average molecular weight is 222 g/mol. The number of pyridine rings is 1. The molecule has 2 aromatic heterocycles. The van der Waals surface area contributed by atoms with Crippen molar-refractivity contribution >= 4 is 28.6 Å². The molecule has 80 valence electrons. The van der Waals surface area contributed by atoms with E-state index in [0.29, 0.717) is 0 Å². The van der Waals surface area contributed by atoms with Crippen LogP contribution in [0.1, 0.15) is 0 Å². The van der Waals surface area contributed by atoms with Gasteiger partial charge in [0.1, 0.15) is 5.52 Å². The summed E-state index contributed by atoms with van der Waals surface area (Å²) in [4.78, 5) is 8.62. The zero-order valence-corrected chi connectivity index (χ0v) is 9.71. The van der Waals surface area contributed by atoms with Gasteiger partial charge >= 0.3 is 0 Å². The van der Waals surface area contributed by atoms with E-state index in [1.807, 2.05) is 42.0 Å². The summed E-state index contributed by atoms with van der Waals surface area (Å²) in [5.41, 5.74) is 2.05. The van der Waals surface area contributed by atoms with Crippen molar-refractivity contribution in [1.82, 2.24) is 14.5 Å². The molecule has 0 amide bonds. The molecule has 1 N–H and O–H groups in total.